The highest BCUT2D eigenvalue weighted by atomic mass is 16.5. The lowest BCUT2D eigenvalue weighted by molar-refractivity contribution is -0.182. The van der Waals surface area contributed by atoms with Gasteiger partial charge in [-0.25, -0.2) is 4.98 Å². The summed E-state index contributed by atoms with van der Waals surface area (Å²) in [5, 5.41) is 0. The molecule has 2 amide bonds. The van der Waals surface area contributed by atoms with E-state index in [1.165, 1.54) is 0 Å². The molecule has 4 heterocycles. The highest BCUT2D eigenvalue weighted by Crippen LogP contribution is 2.40. The average Bonchev–Trinajstić information content (AvgIpc) is 3.47. The lowest BCUT2D eigenvalue weighted by Gasteiger charge is -2.46. The van der Waals surface area contributed by atoms with Gasteiger partial charge in [0.05, 0.1) is 13.0 Å². The third-order valence-electron chi connectivity index (χ3n) is 6.67. The van der Waals surface area contributed by atoms with Gasteiger partial charge in [-0.15, -0.1) is 0 Å². The van der Waals surface area contributed by atoms with Crippen LogP contribution >= 0.6 is 0 Å². The van der Waals surface area contributed by atoms with Gasteiger partial charge < -0.3 is 19.1 Å². The normalized spacial score (nSPS) is 22.9. The molecule has 0 N–H and O–H groups in total. The molecular formula is C23H28N4O3. The van der Waals surface area contributed by atoms with Crippen molar-refractivity contribution >= 4 is 11.8 Å². The Bertz CT molecular complexity index is 912. The van der Waals surface area contributed by atoms with Gasteiger partial charge in [0.2, 0.25) is 5.91 Å². The summed E-state index contributed by atoms with van der Waals surface area (Å²) >= 11 is 0. The van der Waals surface area contributed by atoms with Crippen LogP contribution in [0.15, 0.2) is 42.7 Å². The Morgan fingerprint density at radius 2 is 1.77 bits per heavy atom. The quantitative estimate of drug-likeness (QED) is 0.779. The standard InChI is InChI=1S/C23H28N4O3/c28-20(16-18-6-2-1-3-7-18)25-13-8-23(9-14-25)22-24-10-15-27(22)17-19(30-23)21(29)26-11-4-5-12-26/h1-3,6-7,10,15,19H,4-5,8-9,11-14,16-17H2. The zero-order chi connectivity index (χ0) is 20.6. The van der Waals surface area contributed by atoms with Crippen LogP contribution in [0.2, 0.25) is 0 Å². The Hall–Kier alpha value is -2.67. The van der Waals surface area contributed by atoms with E-state index < -0.39 is 11.7 Å². The fourth-order valence-electron chi connectivity index (χ4n) is 5.01. The van der Waals surface area contributed by atoms with Gasteiger partial charge in [-0.1, -0.05) is 30.3 Å². The van der Waals surface area contributed by atoms with Gasteiger partial charge in [0.25, 0.3) is 5.91 Å². The third kappa shape index (κ3) is 3.51. The van der Waals surface area contributed by atoms with Gasteiger partial charge in [-0.2, -0.15) is 0 Å². The molecule has 2 aromatic rings. The number of nitrogens with zero attached hydrogens (tertiary/aromatic N) is 4. The van der Waals surface area contributed by atoms with Crippen LogP contribution in [0.4, 0.5) is 0 Å². The molecule has 5 rings (SSSR count). The number of hydrogen-bond acceptors (Lipinski definition) is 4. The highest BCUT2D eigenvalue weighted by Gasteiger charge is 2.48. The minimum absolute atomic E-state index is 0.0915. The van der Waals surface area contributed by atoms with Crippen molar-refractivity contribution in [2.45, 2.75) is 50.4 Å². The average molecular weight is 409 g/mol. The van der Waals surface area contributed by atoms with Crippen molar-refractivity contribution in [3.63, 3.8) is 0 Å². The Morgan fingerprint density at radius 1 is 1.03 bits per heavy atom. The minimum Gasteiger partial charge on any atom is -0.352 e. The topological polar surface area (TPSA) is 67.7 Å². The van der Waals surface area contributed by atoms with Crippen molar-refractivity contribution in [2.75, 3.05) is 26.2 Å². The second-order valence-corrected chi connectivity index (χ2v) is 8.58. The molecule has 0 saturated carbocycles. The lowest BCUT2D eigenvalue weighted by Crippen LogP contribution is -2.55. The molecule has 7 nitrogen and oxygen atoms in total. The van der Waals surface area contributed by atoms with Crippen LogP contribution in [0.1, 0.15) is 37.1 Å². The number of amides is 2. The van der Waals surface area contributed by atoms with Crippen LogP contribution in [0.25, 0.3) is 0 Å². The van der Waals surface area contributed by atoms with Crippen LogP contribution < -0.4 is 0 Å². The molecule has 0 radical (unpaired) electrons. The molecular weight excluding hydrogens is 380 g/mol. The molecule has 1 atom stereocenters. The summed E-state index contributed by atoms with van der Waals surface area (Å²) in [4.78, 5) is 34.2. The van der Waals surface area contributed by atoms with Crippen molar-refractivity contribution in [3.05, 3.63) is 54.1 Å². The van der Waals surface area contributed by atoms with E-state index in [-0.39, 0.29) is 11.8 Å². The second kappa shape index (κ2) is 7.87. The predicted octanol–water partition coefficient (Wildman–Crippen LogP) is 1.96. The zero-order valence-corrected chi connectivity index (χ0v) is 17.2. The van der Waals surface area contributed by atoms with Gasteiger partial charge in [-0.3, -0.25) is 9.59 Å². The van der Waals surface area contributed by atoms with Crippen molar-refractivity contribution in [1.29, 1.82) is 0 Å². The van der Waals surface area contributed by atoms with Gasteiger partial charge in [0, 0.05) is 51.4 Å². The number of carbonyl (C=O) groups is 2. The number of likely N-dealkylation sites (tertiary alicyclic amines) is 2. The number of imidazole rings is 1. The van der Waals surface area contributed by atoms with Gasteiger partial charge in [-0.05, 0) is 18.4 Å². The number of piperidine rings is 1. The van der Waals surface area contributed by atoms with E-state index in [4.69, 9.17) is 4.74 Å². The first-order valence-corrected chi connectivity index (χ1v) is 10.9. The maximum atomic E-state index is 13.0. The number of hydrogen-bond donors (Lipinski definition) is 0. The third-order valence-corrected chi connectivity index (χ3v) is 6.67. The number of fused-ring (bicyclic) bond motifs is 2. The first-order chi connectivity index (χ1) is 14.6. The Kier molecular flexibility index (Phi) is 5.06. The van der Waals surface area contributed by atoms with Crippen LogP contribution in [0, 0.1) is 0 Å². The molecule has 158 valence electrons. The van der Waals surface area contributed by atoms with Crippen LogP contribution in [-0.4, -0.2) is 63.4 Å². The maximum Gasteiger partial charge on any atom is 0.253 e. The van der Waals surface area contributed by atoms with E-state index in [1.807, 2.05) is 46.3 Å². The number of ether oxygens (including phenoxy) is 1. The summed E-state index contributed by atoms with van der Waals surface area (Å²) in [7, 11) is 0. The summed E-state index contributed by atoms with van der Waals surface area (Å²) in [5.74, 6) is 1.12. The Labute approximate surface area is 176 Å². The van der Waals surface area contributed by atoms with Crippen molar-refractivity contribution in [3.8, 4) is 0 Å². The van der Waals surface area contributed by atoms with E-state index in [2.05, 4.69) is 9.55 Å². The second-order valence-electron chi connectivity index (χ2n) is 8.58. The van der Waals surface area contributed by atoms with Crippen molar-refractivity contribution in [2.24, 2.45) is 0 Å². The number of aromatic nitrogens is 2. The van der Waals surface area contributed by atoms with E-state index in [0.717, 1.165) is 37.3 Å². The minimum atomic E-state index is -0.592. The van der Waals surface area contributed by atoms with E-state index in [1.54, 1.807) is 6.20 Å². The molecule has 2 saturated heterocycles. The SMILES string of the molecule is O=C(Cc1ccccc1)N1CCC2(CC1)OC(C(=O)N1CCCC1)Cn1ccnc12. The van der Waals surface area contributed by atoms with Crippen LogP contribution in [0.3, 0.4) is 0 Å². The van der Waals surface area contributed by atoms with Gasteiger partial charge in [0.1, 0.15) is 11.4 Å². The fraction of sp³-hybridized carbons (Fsp3) is 0.522. The zero-order valence-electron chi connectivity index (χ0n) is 17.2. The number of carbonyl (C=O) groups excluding carboxylic acids is 2. The number of rotatable bonds is 3. The number of benzene rings is 1. The molecule has 1 aromatic heterocycles. The molecule has 2 fully saturated rings. The highest BCUT2D eigenvalue weighted by molar-refractivity contribution is 5.81. The molecule has 0 bridgehead atoms. The molecule has 3 aliphatic rings. The summed E-state index contributed by atoms with van der Waals surface area (Å²) < 4.78 is 8.58. The molecule has 30 heavy (non-hydrogen) atoms. The predicted molar refractivity (Wildman–Crippen MR) is 111 cm³/mol. The summed E-state index contributed by atoms with van der Waals surface area (Å²) in [6, 6.07) is 9.85. The fourth-order valence-corrected chi connectivity index (χ4v) is 5.01. The smallest absolute Gasteiger partial charge is 0.253 e. The Morgan fingerprint density at radius 3 is 2.50 bits per heavy atom. The largest absolute Gasteiger partial charge is 0.352 e. The molecule has 0 aliphatic carbocycles. The molecule has 1 unspecified atom stereocenters. The molecule has 3 aliphatic heterocycles. The molecule has 1 aromatic carbocycles. The van der Waals surface area contributed by atoms with Gasteiger partial charge in [0.15, 0.2) is 6.10 Å². The summed E-state index contributed by atoms with van der Waals surface area (Å²) in [6.45, 7) is 3.39. The first kappa shape index (κ1) is 19.3. The van der Waals surface area contributed by atoms with E-state index >= 15 is 0 Å². The van der Waals surface area contributed by atoms with Gasteiger partial charge >= 0.3 is 0 Å². The monoisotopic (exact) mass is 408 g/mol. The first-order valence-electron chi connectivity index (χ1n) is 10.9. The van der Waals surface area contributed by atoms with Crippen LogP contribution in [0.5, 0.6) is 0 Å². The Balaban J connectivity index is 1.29. The molecule has 1 spiro atoms. The van der Waals surface area contributed by atoms with Crippen LogP contribution in [-0.2, 0) is 32.9 Å². The van der Waals surface area contributed by atoms with Crippen molar-refractivity contribution < 1.29 is 14.3 Å². The van der Waals surface area contributed by atoms with E-state index in [9.17, 15) is 9.59 Å². The molecule has 7 heteroatoms. The lowest BCUT2D eigenvalue weighted by atomic mass is 9.88. The van der Waals surface area contributed by atoms with E-state index in [0.29, 0.717) is 38.9 Å². The maximum absolute atomic E-state index is 13.0. The summed E-state index contributed by atoms with van der Waals surface area (Å²) in [6.07, 6.45) is 7.13. The van der Waals surface area contributed by atoms with Crippen molar-refractivity contribution in [1.82, 2.24) is 19.4 Å². The summed E-state index contributed by atoms with van der Waals surface area (Å²) in [5.41, 5.74) is 0.439.